The Bertz CT molecular complexity index is 578. The number of ether oxygens (including phenoxy) is 1. The summed E-state index contributed by atoms with van der Waals surface area (Å²) in [7, 11) is 0. The van der Waals surface area contributed by atoms with Crippen molar-refractivity contribution in [3.05, 3.63) is 35.9 Å². The van der Waals surface area contributed by atoms with E-state index in [9.17, 15) is 4.79 Å². The van der Waals surface area contributed by atoms with Gasteiger partial charge in [-0.3, -0.25) is 4.90 Å². The minimum absolute atomic E-state index is 0. The number of halogens is 2. The second-order valence-corrected chi connectivity index (χ2v) is 6.53. The van der Waals surface area contributed by atoms with E-state index in [0.717, 1.165) is 31.5 Å². The van der Waals surface area contributed by atoms with E-state index < -0.39 is 5.60 Å². The van der Waals surface area contributed by atoms with Gasteiger partial charge in [0.15, 0.2) is 5.60 Å². The van der Waals surface area contributed by atoms with E-state index in [1.807, 2.05) is 44.2 Å². The zero-order valence-electron chi connectivity index (χ0n) is 14.3. The molecule has 1 saturated heterocycles. The van der Waals surface area contributed by atoms with Crippen LogP contribution in [0.25, 0.3) is 0 Å². The lowest BCUT2D eigenvalue weighted by Gasteiger charge is -2.35. The van der Waals surface area contributed by atoms with Crippen molar-refractivity contribution in [1.82, 2.24) is 4.90 Å². The molecule has 0 saturated carbocycles. The predicted octanol–water partition coefficient (Wildman–Crippen LogP) is 4.70. The third kappa shape index (κ3) is 5.51. The summed E-state index contributed by atoms with van der Waals surface area (Å²) in [6, 6.07) is 9.56. The summed E-state index contributed by atoms with van der Waals surface area (Å²) in [6.07, 6.45) is 4.14. The SMILES string of the molecule is CCC(C)(C#CBr)OC(=O)C(c1ccccc1)N1CCCCC1.Cl. The molecule has 24 heavy (non-hydrogen) atoms. The molecule has 0 N–H and O–H groups in total. The molecule has 0 aromatic heterocycles. The maximum atomic E-state index is 12.9. The van der Waals surface area contributed by atoms with Gasteiger partial charge in [0.2, 0.25) is 0 Å². The molecule has 1 fully saturated rings. The summed E-state index contributed by atoms with van der Waals surface area (Å²) >= 11 is 3.11. The normalized spacial score (nSPS) is 18.3. The quantitative estimate of drug-likeness (QED) is 0.516. The number of esters is 1. The van der Waals surface area contributed by atoms with Crippen molar-refractivity contribution in [2.45, 2.75) is 51.2 Å². The van der Waals surface area contributed by atoms with Crippen molar-refractivity contribution in [3.8, 4) is 10.8 Å². The Morgan fingerprint density at radius 2 is 1.92 bits per heavy atom. The van der Waals surface area contributed by atoms with Crippen molar-refractivity contribution < 1.29 is 9.53 Å². The Hall–Kier alpha value is -1.02. The summed E-state index contributed by atoms with van der Waals surface area (Å²) in [5.41, 5.74) is 0.230. The summed E-state index contributed by atoms with van der Waals surface area (Å²) in [5.74, 6) is 2.74. The average molecular weight is 415 g/mol. The van der Waals surface area contributed by atoms with Gasteiger partial charge in [-0.25, -0.2) is 4.79 Å². The molecule has 1 heterocycles. The highest BCUT2D eigenvalue weighted by atomic mass is 79.9. The first kappa shape index (κ1) is 21.0. The van der Waals surface area contributed by atoms with Crippen LogP contribution in [-0.2, 0) is 9.53 Å². The van der Waals surface area contributed by atoms with E-state index in [2.05, 4.69) is 31.6 Å². The first-order valence-corrected chi connectivity index (χ1v) is 9.03. The molecule has 1 aromatic rings. The van der Waals surface area contributed by atoms with Crippen LogP contribution in [0.2, 0.25) is 0 Å². The molecule has 0 radical (unpaired) electrons. The van der Waals surface area contributed by atoms with E-state index in [1.54, 1.807) is 0 Å². The third-order valence-corrected chi connectivity index (χ3v) is 4.60. The van der Waals surface area contributed by atoms with E-state index in [1.165, 1.54) is 6.42 Å². The molecular weight excluding hydrogens is 390 g/mol. The topological polar surface area (TPSA) is 29.5 Å². The van der Waals surface area contributed by atoms with Gasteiger partial charge in [0.1, 0.15) is 6.04 Å². The second kappa shape index (κ2) is 10.1. The molecule has 2 unspecified atom stereocenters. The fourth-order valence-electron chi connectivity index (χ4n) is 2.87. The van der Waals surface area contributed by atoms with Gasteiger partial charge in [-0.1, -0.05) is 43.7 Å². The van der Waals surface area contributed by atoms with Crippen LogP contribution in [0.15, 0.2) is 30.3 Å². The predicted molar refractivity (Wildman–Crippen MR) is 103 cm³/mol. The minimum Gasteiger partial charge on any atom is -0.445 e. The number of piperidine rings is 1. The Morgan fingerprint density at radius 1 is 1.29 bits per heavy atom. The molecule has 1 aliphatic heterocycles. The van der Waals surface area contributed by atoms with Gasteiger partial charge in [-0.05, 0) is 55.6 Å². The van der Waals surface area contributed by atoms with Gasteiger partial charge in [0.25, 0.3) is 0 Å². The first-order valence-electron chi connectivity index (χ1n) is 8.24. The highest BCUT2D eigenvalue weighted by Crippen LogP contribution is 2.28. The van der Waals surface area contributed by atoms with E-state index in [4.69, 9.17) is 4.74 Å². The lowest BCUT2D eigenvalue weighted by molar-refractivity contribution is -0.160. The van der Waals surface area contributed by atoms with Crippen LogP contribution < -0.4 is 0 Å². The van der Waals surface area contributed by atoms with Gasteiger partial charge >= 0.3 is 5.97 Å². The van der Waals surface area contributed by atoms with Crippen LogP contribution in [0.5, 0.6) is 0 Å². The molecule has 5 heteroatoms. The van der Waals surface area contributed by atoms with Crippen LogP contribution in [0.1, 0.15) is 51.1 Å². The zero-order chi connectivity index (χ0) is 16.7. The number of carbonyl (C=O) groups excluding carboxylic acids is 1. The number of benzene rings is 1. The minimum atomic E-state index is -0.761. The molecule has 132 valence electrons. The van der Waals surface area contributed by atoms with Crippen molar-refractivity contribution in [3.63, 3.8) is 0 Å². The number of carbonyl (C=O) groups is 1. The molecule has 0 aliphatic carbocycles. The molecule has 0 bridgehead atoms. The van der Waals surface area contributed by atoms with Gasteiger partial charge < -0.3 is 4.74 Å². The Morgan fingerprint density at radius 3 is 2.46 bits per heavy atom. The summed E-state index contributed by atoms with van der Waals surface area (Å²) in [5, 5.41) is 0. The lowest BCUT2D eigenvalue weighted by Crippen LogP contribution is -2.41. The van der Waals surface area contributed by atoms with Gasteiger partial charge in [0.05, 0.1) is 0 Å². The number of hydrogen-bond donors (Lipinski definition) is 0. The van der Waals surface area contributed by atoms with Crippen LogP contribution in [-0.4, -0.2) is 29.6 Å². The molecular formula is C19H25BrClNO2. The molecule has 2 atom stereocenters. The van der Waals surface area contributed by atoms with Crippen molar-refractivity contribution in [1.29, 1.82) is 0 Å². The largest absolute Gasteiger partial charge is 0.445 e. The maximum absolute atomic E-state index is 12.9. The summed E-state index contributed by atoms with van der Waals surface area (Å²) in [6.45, 7) is 5.70. The molecule has 1 aromatic carbocycles. The standard InChI is InChI=1S/C19H24BrNO2.ClH/c1-3-19(2,12-13-20)23-18(22)17(16-10-6-4-7-11-16)21-14-8-5-9-15-21;/h4,6-7,10-11,17H,3,5,8-9,14-15H2,1-2H3;1H. The summed E-state index contributed by atoms with van der Waals surface area (Å²) in [4.78, 5) is 17.9. The third-order valence-electron chi connectivity index (χ3n) is 4.41. The monoisotopic (exact) mass is 413 g/mol. The average Bonchev–Trinajstić information content (AvgIpc) is 2.57. The number of likely N-dealkylation sites (tertiary alicyclic amines) is 1. The first-order chi connectivity index (χ1) is 11.1. The molecule has 3 nitrogen and oxygen atoms in total. The number of rotatable bonds is 5. The molecule has 2 rings (SSSR count). The Labute approximate surface area is 159 Å². The highest BCUT2D eigenvalue weighted by Gasteiger charge is 2.34. The fraction of sp³-hybridized carbons (Fsp3) is 0.526. The molecule has 0 amide bonds. The maximum Gasteiger partial charge on any atom is 0.329 e. The van der Waals surface area contributed by atoms with Crippen LogP contribution in [0, 0.1) is 10.8 Å². The summed E-state index contributed by atoms with van der Waals surface area (Å²) < 4.78 is 5.81. The Balaban J connectivity index is 0.00000288. The van der Waals surface area contributed by atoms with Crippen molar-refractivity contribution in [2.24, 2.45) is 0 Å². The van der Waals surface area contributed by atoms with Crippen LogP contribution >= 0.6 is 28.3 Å². The molecule has 1 aliphatic rings. The zero-order valence-corrected chi connectivity index (χ0v) is 16.7. The smallest absolute Gasteiger partial charge is 0.329 e. The Kier molecular flexibility index (Phi) is 8.83. The van der Waals surface area contributed by atoms with Crippen molar-refractivity contribution >= 4 is 34.3 Å². The van der Waals surface area contributed by atoms with E-state index in [0.29, 0.717) is 6.42 Å². The lowest BCUT2D eigenvalue weighted by atomic mass is 10.0. The number of nitrogens with zero attached hydrogens (tertiary/aromatic N) is 1. The highest BCUT2D eigenvalue weighted by molar-refractivity contribution is 9.12. The molecule has 0 spiro atoms. The van der Waals surface area contributed by atoms with Crippen LogP contribution in [0.4, 0.5) is 0 Å². The van der Waals surface area contributed by atoms with E-state index >= 15 is 0 Å². The van der Waals surface area contributed by atoms with Gasteiger partial charge in [-0.15, -0.1) is 12.4 Å². The van der Waals surface area contributed by atoms with Gasteiger partial charge in [-0.2, -0.15) is 0 Å². The van der Waals surface area contributed by atoms with Gasteiger partial charge in [0, 0.05) is 15.9 Å². The fourth-order valence-corrected chi connectivity index (χ4v) is 3.29. The van der Waals surface area contributed by atoms with Crippen molar-refractivity contribution in [2.75, 3.05) is 13.1 Å². The second-order valence-electron chi connectivity index (χ2n) is 6.13. The van der Waals surface area contributed by atoms with Crippen LogP contribution in [0.3, 0.4) is 0 Å². The number of hydrogen-bond acceptors (Lipinski definition) is 3. The van der Waals surface area contributed by atoms with E-state index in [-0.39, 0.29) is 24.4 Å².